The first-order valence-corrected chi connectivity index (χ1v) is 15.0. The standard InChI is InChI=1S/C22H18O10.C12H16ClNO3.ClH/c23-11-6-14(25)12-8-19(32-22(30)10-4-16(27)20(29)17(28)5-10)21(31-18(12)7-11)9-1-2-13(24)15(26)3-9;1-14(2)7-8-16-12(15)9-17-11-5-3-10(13)4-6-11;/h1-7,19,21,23-29H,8H2;3-6H,7-9H2,1-2H3;1H. The van der Waals surface area contributed by atoms with Crippen molar-refractivity contribution in [2.24, 2.45) is 0 Å². The van der Waals surface area contributed by atoms with Crippen molar-refractivity contribution in [2.45, 2.75) is 18.6 Å². The molecular formula is C34H35Cl2NO13. The molecular weight excluding hydrogens is 701 g/mol. The molecule has 16 heteroatoms. The van der Waals surface area contributed by atoms with Crippen molar-refractivity contribution in [2.75, 3.05) is 33.9 Å². The number of phenolic OH excluding ortho intramolecular Hbond substituents is 7. The van der Waals surface area contributed by atoms with Gasteiger partial charge in [0.25, 0.3) is 0 Å². The molecule has 4 aromatic carbocycles. The third kappa shape index (κ3) is 10.3. The number of aromatic hydroxyl groups is 7. The zero-order chi connectivity index (χ0) is 35.8. The maximum absolute atomic E-state index is 12.7. The number of phenols is 7. The number of carbonyl (C=O) groups excluding carboxylic acids is 2. The van der Waals surface area contributed by atoms with Gasteiger partial charge in [0.15, 0.2) is 41.5 Å². The number of halogens is 2. The van der Waals surface area contributed by atoms with E-state index in [0.717, 1.165) is 18.2 Å². The summed E-state index contributed by atoms with van der Waals surface area (Å²) < 4.78 is 21.6. The predicted octanol–water partition coefficient (Wildman–Crippen LogP) is 4.77. The van der Waals surface area contributed by atoms with Gasteiger partial charge in [-0.05, 0) is 62.6 Å². The van der Waals surface area contributed by atoms with E-state index in [1.807, 2.05) is 19.0 Å². The van der Waals surface area contributed by atoms with Crippen LogP contribution in [0.1, 0.15) is 27.6 Å². The molecule has 2 atom stereocenters. The SMILES string of the molecule is CN(C)CCOC(=O)COc1ccc(Cl)cc1.Cl.O=C(OC1Cc2c(O)cc(O)cc2OC1c1ccc(O)c(O)c1)c1cc(O)c(O)c(O)c1. The molecule has 0 radical (unpaired) electrons. The number of esters is 2. The molecule has 0 saturated heterocycles. The number of hydrogen-bond donors (Lipinski definition) is 7. The Hall–Kier alpha value is -5.44. The van der Waals surface area contributed by atoms with Crippen molar-refractivity contribution >= 4 is 35.9 Å². The number of likely N-dealkylation sites (N-methyl/N-ethyl adjacent to an activating group) is 1. The summed E-state index contributed by atoms with van der Waals surface area (Å²) >= 11 is 5.72. The highest BCUT2D eigenvalue weighted by atomic mass is 35.5. The van der Waals surface area contributed by atoms with Gasteiger partial charge in [-0.15, -0.1) is 12.4 Å². The lowest BCUT2D eigenvalue weighted by Crippen LogP contribution is -2.34. The minimum absolute atomic E-state index is 0. The number of hydrogen-bond acceptors (Lipinski definition) is 14. The smallest absolute Gasteiger partial charge is 0.344 e. The van der Waals surface area contributed by atoms with Crippen molar-refractivity contribution in [1.29, 1.82) is 0 Å². The van der Waals surface area contributed by atoms with Crippen LogP contribution in [0.15, 0.2) is 66.7 Å². The molecule has 0 amide bonds. The average Bonchev–Trinajstić information content (AvgIpc) is 3.04. The Kier molecular flexibility index (Phi) is 13.5. The number of carbonyl (C=O) groups is 2. The number of benzene rings is 4. The van der Waals surface area contributed by atoms with Crippen LogP contribution >= 0.6 is 24.0 Å². The zero-order valence-corrected chi connectivity index (χ0v) is 28.2. The first kappa shape index (κ1) is 39.0. The molecule has 14 nitrogen and oxygen atoms in total. The second kappa shape index (κ2) is 17.3. The highest BCUT2D eigenvalue weighted by molar-refractivity contribution is 6.30. The first-order valence-electron chi connectivity index (χ1n) is 14.6. The second-order valence-corrected chi connectivity index (χ2v) is 11.4. The number of ether oxygens (including phenoxy) is 4. The first-order chi connectivity index (χ1) is 23.2. The van der Waals surface area contributed by atoms with E-state index >= 15 is 0 Å². The van der Waals surface area contributed by atoms with Gasteiger partial charge in [-0.2, -0.15) is 0 Å². The molecule has 1 heterocycles. The molecule has 0 fully saturated rings. The van der Waals surface area contributed by atoms with Crippen LogP contribution in [0.2, 0.25) is 5.02 Å². The van der Waals surface area contributed by atoms with Crippen molar-refractivity contribution in [3.8, 4) is 51.7 Å². The molecule has 0 spiro atoms. The Morgan fingerprint density at radius 2 is 1.50 bits per heavy atom. The van der Waals surface area contributed by atoms with Crippen LogP contribution < -0.4 is 9.47 Å². The average molecular weight is 737 g/mol. The summed E-state index contributed by atoms with van der Waals surface area (Å²) in [4.78, 5) is 25.9. The maximum Gasteiger partial charge on any atom is 0.344 e. The van der Waals surface area contributed by atoms with Gasteiger partial charge in [0.2, 0.25) is 0 Å². The van der Waals surface area contributed by atoms with Crippen LogP contribution in [0.5, 0.6) is 51.7 Å². The van der Waals surface area contributed by atoms with Gasteiger partial charge in [-0.1, -0.05) is 17.7 Å². The largest absolute Gasteiger partial charge is 0.508 e. The van der Waals surface area contributed by atoms with E-state index in [-0.39, 0.29) is 65.5 Å². The van der Waals surface area contributed by atoms with Gasteiger partial charge >= 0.3 is 11.9 Å². The van der Waals surface area contributed by atoms with E-state index < -0.39 is 41.2 Å². The summed E-state index contributed by atoms with van der Waals surface area (Å²) in [5, 5.41) is 68.9. The fraction of sp³-hybridized carbons (Fsp3) is 0.235. The molecule has 0 saturated carbocycles. The van der Waals surface area contributed by atoms with E-state index in [2.05, 4.69) is 0 Å². The van der Waals surface area contributed by atoms with Crippen LogP contribution in [-0.2, 0) is 20.7 Å². The van der Waals surface area contributed by atoms with Gasteiger partial charge in [0.1, 0.15) is 35.7 Å². The Morgan fingerprint density at radius 3 is 2.12 bits per heavy atom. The Labute approximate surface area is 297 Å². The maximum atomic E-state index is 12.7. The molecule has 5 rings (SSSR count). The van der Waals surface area contributed by atoms with Crippen LogP contribution in [-0.4, -0.2) is 92.5 Å². The van der Waals surface area contributed by atoms with E-state index in [1.165, 1.54) is 24.3 Å². The summed E-state index contributed by atoms with van der Waals surface area (Å²) in [7, 11) is 3.83. The van der Waals surface area contributed by atoms with Crippen molar-refractivity contribution in [3.63, 3.8) is 0 Å². The van der Waals surface area contributed by atoms with E-state index in [4.69, 9.17) is 30.5 Å². The molecule has 0 aliphatic carbocycles. The number of nitrogens with zero attached hydrogens (tertiary/aromatic N) is 1. The van der Waals surface area contributed by atoms with Crippen LogP contribution in [0.25, 0.3) is 0 Å². The van der Waals surface area contributed by atoms with Crippen molar-refractivity contribution in [1.82, 2.24) is 4.90 Å². The van der Waals surface area contributed by atoms with Crippen LogP contribution in [0.4, 0.5) is 0 Å². The Bertz CT molecular complexity index is 1780. The van der Waals surface area contributed by atoms with Gasteiger partial charge < -0.3 is 59.6 Å². The van der Waals surface area contributed by atoms with Gasteiger partial charge in [-0.3, -0.25) is 0 Å². The lowest BCUT2D eigenvalue weighted by atomic mass is 9.93. The van der Waals surface area contributed by atoms with Gasteiger partial charge in [0, 0.05) is 41.2 Å². The topological polar surface area (TPSA) is 216 Å². The molecule has 1 aliphatic rings. The highest BCUT2D eigenvalue weighted by Crippen LogP contribution is 2.44. The summed E-state index contributed by atoms with van der Waals surface area (Å²) in [6.45, 7) is 0.984. The predicted molar refractivity (Wildman–Crippen MR) is 181 cm³/mol. The second-order valence-electron chi connectivity index (χ2n) is 11.0. The summed E-state index contributed by atoms with van der Waals surface area (Å²) in [5.74, 6) is -4.21. The van der Waals surface area contributed by atoms with E-state index in [9.17, 15) is 45.3 Å². The number of rotatable bonds is 9. The Balaban J connectivity index is 0.000000320. The fourth-order valence-corrected chi connectivity index (χ4v) is 4.66. The number of fused-ring (bicyclic) bond motifs is 1. The zero-order valence-electron chi connectivity index (χ0n) is 26.6. The quantitative estimate of drug-likeness (QED) is 0.0911. The minimum Gasteiger partial charge on any atom is -0.508 e. The third-order valence-corrected chi connectivity index (χ3v) is 7.28. The molecule has 50 heavy (non-hydrogen) atoms. The molecule has 7 N–H and O–H groups in total. The molecule has 268 valence electrons. The third-order valence-electron chi connectivity index (χ3n) is 7.03. The summed E-state index contributed by atoms with van der Waals surface area (Å²) in [6.07, 6.45) is -2.12. The van der Waals surface area contributed by atoms with E-state index in [0.29, 0.717) is 29.5 Å². The fourth-order valence-electron chi connectivity index (χ4n) is 4.54. The molecule has 1 aliphatic heterocycles. The van der Waals surface area contributed by atoms with Crippen molar-refractivity contribution in [3.05, 3.63) is 88.4 Å². The lowest BCUT2D eigenvalue weighted by Gasteiger charge is -2.34. The summed E-state index contributed by atoms with van der Waals surface area (Å²) in [6, 6.07) is 14.9. The molecule has 2 unspecified atom stereocenters. The molecule has 0 aromatic heterocycles. The molecule has 4 aromatic rings. The monoisotopic (exact) mass is 735 g/mol. The van der Waals surface area contributed by atoms with Gasteiger partial charge in [-0.25, -0.2) is 9.59 Å². The van der Waals surface area contributed by atoms with Crippen LogP contribution in [0, 0.1) is 0 Å². The summed E-state index contributed by atoms with van der Waals surface area (Å²) in [5.41, 5.74) is 0.324. The van der Waals surface area contributed by atoms with E-state index in [1.54, 1.807) is 24.3 Å². The van der Waals surface area contributed by atoms with Gasteiger partial charge in [0.05, 0.1) is 5.56 Å². The lowest BCUT2D eigenvalue weighted by molar-refractivity contribution is -0.146. The van der Waals surface area contributed by atoms with Crippen molar-refractivity contribution < 1.29 is 64.3 Å². The molecule has 0 bridgehead atoms. The highest BCUT2D eigenvalue weighted by Gasteiger charge is 2.37. The minimum atomic E-state index is -1.06. The van der Waals surface area contributed by atoms with Crippen LogP contribution in [0.3, 0.4) is 0 Å². The normalized spacial score (nSPS) is 14.6. The Morgan fingerprint density at radius 1 is 0.840 bits per heavy atom.